The van der Waals surface area contributed by atoms with Crippen molar-refractivity contribution in [1.82, 2.24) is 0 Å². The third kappa shape index (κ3) is 2.99. The van der Waals surface area contributed by atoms with Gasteiger partial charge in [0.05, 0.1) is 0 Å². The van der Waals surface area contributed by atoms with Crippen molar-refractivity contribution in [1.29, 1.82) is 0 Å². The van der Waals surface area contributed by atoms with Crippen LogP contribution in [0.5, 0.6) is 0 Å². The van der Waals surface area contributed by atoms with E-state index in [1.54, 1.807) is 0 Å². The van der Waals surface area contributed by atoms with Gasteiger partial charge in [0.25, 0.3) is 0 Å². The van der Waals surface area contributed by atoms with Gasteiger partial charge in [-0.05, 0) is 55.3 Å². The van der Waals surface area contributed by atoms with Crippen molar-refractivity contribution in [3.63, 3.8) is 0 Å². The van der Waals surface area contributed by atoms with Crippen LogP contribution in [0.4, 0.5) is 0 Å². The quantitative estimate of drug-likeness (QED) is 0.854. The topological polar surface area (TPSA) is 26.0 Å². The predicted octanol–water partition coefficient (Wildman–Crippen LogP) is 3.65. The third-order valence-corrected chi connectivity index (χ3v) is 3.99. The van der Waals surface area contributed by atoms with Gasteiger partial charge in [-0.1, -0.05) is 36.6 Å². The monoisotopic (exact) mass is 237 g/mol. The van der Waals surface area contributed by atoms with Crippen molar-refractivity contribution < 1.29 is 0 Å². The van der Waals surface area contributed by atoms with E-state index in [2.05, 4.69) is 12.1 Å². The van der Waals surface area contributed by atoms with Crippen LogP contribution in [0.1, 0.15) is 31.2 Å². The molecule has 0 heterocycles. The minimum atomic E-state index is 0.715. The van der Waals surface area contributed by atoms with E-state index in [1.807, 2.05) is 12.1 Å². The van der Waals surface area contributed by atoms with Crippen molar-refractivity contribution in [2.45, 2.75) is 32.1 Å². The summed E-state index contributed by atoms with van der Waals surface area (Å²) >= 11 is 6.01. The molecule has 2 atom stereocenters. The molecule has 0 spiro atoms. The molecule has 88 valence electrons. The summed E-state index contributed by atoms with van der Waals surface area (Å²) < 4.78 is 0. The van der Waals surface area contributed by atoms with Crippen molar-refractivity contribution in [2.24, 2.45) is 17.6 Å². The van der Waals surface area contributed by atoms with Gasteiger partial charge in [0.1, 0.15) is 0 Å². The van der Waals surface area contributed by atoms with E-state index >= 15 is 0 Å². The first-order valence-electron chi connectivity index (χ1n) is 6.24. The molecule has 1 aromatic rings. The van der Waals surface area contributed by atoms with E-state index in [0.717, 1.165) is 23.9 Å². The fraction of sp³-hybridized carbons (Fsp3) is 0.571. The van der Waals surface area contributed by atoms with Crippen LogP contribution in [-0.4, -0.2) is 6.54 Å². The minimum absolute atomic E-state index is 0.715. The maximum Gasteiger partial charge on any atom is 0.0408 e. The van der Waals surface area contributed by atoms with Crippen LogP contribution in [0.15, 0.2) is 24.3 Å². The van der Waals surface area contributed by atoms with E-state index in [0.29, 0.717) is 5.92 Å². The SMILES string of the molecule is NCC1CCCCC1Cc1cccc(Cl)c1. The van der Waals surface area contributed by atoms with E-state index < -0.39 is 0 Å². The fourth-order valence-electron chi connectivity index (χ4n) is 2.83. The smallest absolute Gasteiger partial charge is 0.0408 e. The lowest BCUT2D eigenvalue weighted by Gasteiger charge is -2.30. The Balaban J connectivity index is 2.02. The second-order valence-corrected chi connectivity index (χ2v) is 5.31. The molecule has 1 nitrogen and oxygen atoms in total. The summed E-state index contributed by atoms with van der Waals surface area (Å²) in [7, 11) is 0. The number of nitrogens with two attached hydrogens (primary N) is 1. The zero-order chi connectivity index (χ0) is 11.4. The number of hydrogen-bond acceptors (Lipinski definition) is 1. The first-order valence-corrected chi connectivity index (χ1v) is 6.62. The summed E-state index contributed by atoms with van der Waals surface area (Å²) in [5.41, 5.74) is 7.21. The van der Waals surface area contributed by atoms with E-state index in [9.17, 15) is 0 Å². The zero-order valence-electron chi connectivity index (χ0n) is 9.66. The van der Waals surface area contributed by atoms with Crippen molar-refractivity contribution in [3.05, 3.63) is 34.9 Å². The van der Waals surface area contributed by atoms with Crippen LogP contribution in [0, 0.1) is 11.8 Å². The Morgan fingerprint density at radius 2 is 1.94 bits per heavy atom. The number of halogens is 1. The van der Waals surface area contributed by atoms with E-state index in [-0.39, 0.29) is 0 Å². The molecule has 0 aromatic heterocycles. The van der Waals surface area contributed by atoms with Crippen LogP contribution < -0.4 is 5.73 Å². The summed E-state index contributed by atoms with van der Waals surface area (Å²) in [6, 6.07) is 8.24. The first kappa shape index (κ1) is 11.9. The molecular formula is C14H20ClN. The lowest BCUT2D eigenvalue weighted by molar-refractivity contribution is 0.242. The standard InChI is InChI=1S/C14H20ClN/c15-14-7-3-4-11(9-14)8-12-5-1-2-6-13(12)10-16/h3-4,7,9,12-13H,1-2,5-6,8,10,16H2. The Bertz CT molecular complexity index is 337. The minimum Gasteiger partial charge on any atom is -0.330 e. The molecule has 0 aliphatic heterocycles. The van der Waals surface area contributed by atoms with Gasteiger partial charge >= 0.3 is 0 Å². The molecule has 2 N–H and O–H groups in total. The van der Waals surface area contributed by atoms with Crippen molar-refractivity contribution >= 4 is 11.6 Å². The van der Waals surface area contributed by atoms with E-state index in [4.69, 9.17) is 17.3 Å². The molecule has 2 heteroatoms. The third-order valence-electron chi connectivity index (χ3n) is 3.76. The predicted molar refractivity (Wildman–Crippen MR) is 69.7 cm³/mol. The van der Waals surface area contributed by atoms with E-state index in [1.165, 1.54) is 31.2 Å². The van der Waals surface area contributed by atoms with Crippen molar-refractivity contribution in [2.75, 3.05) is 6.54 Å². The molecule has 1 aliphatic carbocycles. The number of rotatable bonds is 3. The first-order chi connectivity index (χ1) is 7.79. The highest BCUT2D eigenvalue weighted by Crippen LogP contribution is 2.32. The van der Waals surface area contributed by atoms with Crippen LogP contribution in [0.2, 0.25) is 5.02 Å². The van der Waals surface area contributed by atoms with Gasteiger partial charge in [-0.3, -0.25) is 0 Å². The molecule has 1 aliphatic rings. The summed E-state index contributed by atoms with van der Waals surface area (Å²) in [5.74, 6) is 1.48. The van der Waals surface area contributed by atoms with Gasteiger partial charge in [0.2, 0.25) is 0 Å². The Kier molecular flexibility index (Phi) is 4.25. The molecule has 16 heavy (non-hydrogen) atoms. The second kappa shape index (κ2) is 5.70. The maximum absolute atomic E-state index is 6.01. The zero-order valence-corrected chi connectivity index (χ0v) is 10.4. The molecule has 1 saturated carbocycles. The Labute approximate surface area is 103 Å². The lowest BCUT2D eigenvalue weighted by atomic mass is 9.76. The summed E-state index contributed by atoms with van der Waals surface area (Å²) in [5, 5.41) is 0.845. The normalized spacial score (nSPS) is 25.6. The molecule has 0 saturated heterocycles. The maximum atomic E-state index is 6.01. The Morgan fingerprint density at radius 1 is 1.19 bits per heavy atom. The summed E-state index contributed by atoms with van der Waals surface area (Å²) in [6.07, 6.45) is 6.49. The highest BCUT2D eigenvalue weighted by atomic mass is 35.5. The molecule has 0 radical (unpaired) electrons. The molecule has 0 amide bonds. The van der Waals surface area contributed by atoms with Gasteiger partial charge in [-0.15, -0.1) is 0 Å². The van der Waals surface area contributed by atoms with Gasteiger partial charge in [0.15, 0.2) is 0 Å². The number of benzene rings is 1. The Morgan fingerprint density at radius 3 is 2.62 bits per heavy atom. The fourth-order valence-corrected chi connectivity index (χ4v) is 3.04. The molecule has 1 fully saturated rings. The average Bonchev–Trinajstić information content (AvgIpc) is 2.30. The second-order valence-electron chi connectivity index (χ2n) is 4.87. The summed E-state index contributed by atoms with van der Waals surface area (Å²) in [4.78, 5) is 0. The van der Waals surface area contributed by atoms with Crippen LogP contribution >= 0.6 is 11.6 Å². The molecule has 2 rings (SSSR count). The highest BCUT2D eigenvalue weighted by Gasteiger charge is 2.23. The largest absolute Gasteiger partial charge is 0.330 e. The van der Waals surface area contributed by atoms with Crippen LogP contribution in [0.3, 0.4) is 0 Å². The average molecular weight is 238 g/mol. The van der Waals surface area contributed by atoms with Gasteiger partial charge in [-0.2, -0.15) is 0 Å². The lowest BCUT2D eigenvalue weighted by Crippen LogP contribution is -2.28. The van der Waals surface area contributed by atoms with Gasteiger partial charge in [0, 0.05) is 5.02 Å². The van der Waals surface area contributed by atoms with Crippen molar-refractivity contribution in [3.8, 4) is 0 Å². The van der Waals surface area contributed by atoms with Gasteiger partial charge in [-0.25, -0.2) is 0 Å². The van der Waals surface area contributed by atoms with Crippen LogP contribution in [-0.2, 0) is 6.42 Å². The molecule has 2 unspecified atom stereocenters. The summed E-state index contributed by atoms with van der Waals surface area (Å²) in [6.45, 7) is 0.839. The Hall–Kier alpha value is -0.530. The molecular weight excluding hydrogens is 218 g/mol. The molecule has 1 aromatic carbocycles. The number of hydrogen-bond donors (Lipinski definition) is 1. The van der Waals surface area contributed by atoms with Crippen LogP contribution in [0.25, 0.3) is 0 Å². The highest BCUT2D eigenvalue weighted by molar-refractivity contribution is 6.30. The molecule has 0 bridgehead atoms. The van der Waals surface area contributed by atoms with Gasteiger partial charge < -0.3 is 5.73 Å².